The van der Waals surface area contributed by atoms with Crippen LogP contribution in [0.15, 0.2) is 30.3 Å². The third-order valence-corrected chi connectivity index (χ3v) is 5.39. The first-order valence-electron chi connectivity index (χ1n) is 9.46. The van der Waals surface area contributed by atoms with Gasteiger partial charge in [-0.25, -0.2) is 4.79 Å². The maximum absolute atomic E-state index is 12.3. The Morgan fingerprint density at radius 1 is 1.24 bits per heavy atom. The molecule has 1 heterocycles. The van der Waals surface area contributed by atoms with Gasteiger partial charge in [-0.05, 0) is 70.3 Å². The molecule has 1 fully saturated rings. The average molecular weight is 347 g/mol. The lowest BCUT2D eigenvalue weighted by molar-refractivity contribution is 0.114. The largest absolute Gasteiger partial charge is 0.338 e. The molecule has 2 amide bonds. The van der Waals surface area contributed by atoms with Crippen LogP contribution in [0.5, 0.6) is 0 Å². The minimum Gasteiger partial charge on any atom is -0.338 e. The number of nitrogens with one attached hydrogen (secondary N) is 1. The van der Waals surface area contributed by atoms with Gasteiger partial charge < -0.3 is 20.9 Å². The highest BCUT2D eigenvalue weighted by Crippen LogP contribution is 2.35. The summed E-state index contributed by atoms with van der Waals surface area (Å²) in [5.74, 6) is 0. The van der Waals surface area contributed by atoms with E-state index in [9.17, 15) is 4.79 Å². The van der Waals surface area contributed by atoms with Gasteiger partial charge in [0.05, 0.1) is 0 Å². The Hall–Kier alpha value is -1.59. The van der Waals surface area contributed by atoms with E-state index in [4.69, 9.17) is 5.73 Å². The molecule has 1 aromatic carbocycles. The van der Waals surface area contributed by atoms with Crippen molar-refractivity contribution in [1.82, 2.24) is 15.1 Å². The van der Waals surface area contributed by atoms with Crippen molar-refractivity contribution < 1.29 is 4.79 Å². The Morgan fingerprint density at radius 2 is 1.92 bits per heavy atom. The molecule has 5 heteroatoms. The van der Waals surface area contributed by atoms with Crippen LogP contribution in [0.2, 0.25) is 0 Å². The third-order valence-electron chi connectivity index (χ3n) is 5.39. The minimum absolute atomic E-state index is 0.0763. The molecule has 2 rings (SSSR count). The lowest BCUT2D eigenvalue weighted by Crippen LogP contribution is -2.49. The van der Waals surface area contributed by atoms with Gasteiger partial charge in [-0.1, -0.05) is 30.3 Å². The Morgan fingerprint density at radius 3 is 2.52 bits per heavy atom. The van der Waals surface area contributed by atoms with E-state index in [0.29, 0.717) is 6.54 Å². The Bertz CT molecular complexity index is 510. The third kappa shape index (κ3) is 6.33. The number of carbonyl (C=O) groups excluding carboxylic acids is 1. The number of nitrogens with zero attached hydrogens (tertiary/aromatic N) is 2. The number of likely N-dealkylation sites (tertiary alicyclic amines) is 1. The van der Waals surface area contributed by atoms with Gasteiger partial charge in [-0.15, -0.1) is 0 Å². The van der Waals surface area contributed by atoms with Crippen LogP contribution in [0.25, 0.3) is 0 Å². The number of amides is 2. The molecule has 1 aromatic rings. The average Bonchev–Trinajstić information content (AvgIpc) is 2.64. The molecule has 0 saturated carbocycles. The number of hydrogen-bond acceptors (Lipinski definition) is 3. The minimum atomic E-state index is 0.0763. The van der Waals surface area contributed by atoms with Gasteiger partial charge in [-0.2, -0.15) is 0 Å². The number of hydrogen-bond donors (Lipinski definition) is 2. The van der Waals surface area contributed by atoms with E-state index in [2.05, 4.69) is 40.5 Å². The zero-order valence-corrected chi connectivity index (χ0v) is 15.8. The second kappa shape index (κ2) is 9.78. The molecule has 0 spiro atoms. The van der Waals surface area contributed by atoms with Crippen molar-refractivity contribution in [2.75, 3.05) is 46.8 Å². The van der Waals surface area contributed by atoms with Crippen LogP contribution in [0.4, 0.5) is 4.79 Å². The highest BCUT2D eigenvalue weighted by molar-refractivity contribution is 5.74. The molecule has 0 radical (unpaired) electrons. The first-order valence-corrected chi connectivity index (χ1v) is 9.46. The molecule has 25 heavy (non-hydrogen) atoms. The maximum atomic E-state index is 12.3. The summed E-state index contributed by atoms with van der Waals surface area (Å²) in [7, 11) is 4.10. The number of carbonyl (C=O) groups is 1. The molecule has 3 N–H and O–H groups in total. The second-order valence-electron chi connectivity index (χ2n) is 7.57. The summed E-state index contributed by atoms with van der Waals surface area (Å²) in [6.45, 7) is 4.06. The Kier molecular flexibility index (Phi) is 7.72. The molecule has 1 aliphatic heterocycles. The molecular weight excluding hydrogens is 312 g/mol. The van der Waals surface area contributed by atoms with Crippen molar-refractivity contribution in [2.45, 2.75) is 32.1 Å². The summed E-state index contributed by atoms with van der Waals surface area (Å²) in [4.78, 5) is 16.4. The lowest BCUT2D eigenvalue weighted by Gasteiger charge is -2.41. The van der Waals surface area contributed by atoms with Crippen LogP contribution in [-0.2, 0) is 6.42 Å². The van der Waals surface area contributed by atoms with Crippen LogP contribution in [0.1, 0.15) is 31.2 Å². The summed E-state index contributed by atoms with van der Waals surface area (Å²) in [5, 5.41) is 3.04. The fourth-order valence-electron chi connectivity index (χ4n) is 3.50. The zero-order chi connectivity index (χ0) is 18.1. The number of urea groups is 1. The predicted octanol–water partition coefficient (Wildman–Crippen LogP) is 2.32. The monoisotopic (exact) mass is 346 g/mol. The first-order chi connectivity index (χ1) is 12.0. The van der Waals surface area contributed by atoms with E-state index < -0.39 is 0 Å². The van der Waals surface area contributed by atoms with E-state index in [1.54, 1.807) is 0 Å². The normalized spacial score (nSPS) is 16.9. The first kappa shape index (κ1) is 19.7. The molecule has 0 bridgehead atoms. The molecule has 0 aliphatic carbocycles. The highest BCUT2D eigenvalue weighted by Gasteiger charge is 2.34. The number of aryl methyl sites for hydroxylation is 1. The van der Waals surface area contributed by atoms with E-state index in [-0.39, 0.29) is 11.4 Å². The van der Waals surface area contributed by atoms with Crippen molar-refractivity contribution in [2.24, 2.45) is 11.1 Å². The van der Waals surface area contributed by atoms with Crippen molar-refractivity contribution in [3.05, 3.63) is 35.9 Å². The van der Waals surface area contributed by atoms with Crippen LogP contribution < -0.4 is 11.1 Å². The number of piperidine rings is 1. The molecule has 5 nitrogen and oxygen atoms in total. The van der Waals surface area contributed by atoms with Crippen LogP contribution >= 0.6 is 0 Å². The standard InChI is InChI=1S/C20H34N4O/c1-23(2)14-6-13-22-19(25)24-15-11-20(17-21,12-16-24)10-9-18-7-4-3-5-8-18/h3-5,7-8H,6,9-17,21H2,1-2H3,(H,22,25). The van der Waals surface area contributed by atoms with Crippen molar-refractivity contribution >= 4 is 6.03 Å². The number of nitrogens with two attached hydrogens (primary N) is 1. The van der Waals surface area contributed by atoms with Crippen LogP contribution in [0.3, 0.4) is 0 Å². The number of benzene rings is 1. The number of rotatable bonds is 8. The van der Waals surface area contributed by atoms with Crippen molar-refractivity contribution in [3.63, 3.8) is 0 Å². The molecular formula is C20H34N4O. The molecule has 1 saturated heterocycles. The topological polar surface area (TPSA) is 61.6 Å². The van der Waals surface area contributed by atoms with Gasteiger partial charge in [0, 0.05) is 19.6 Å². The fourth-order valence-corrected chi connectivity index (χ4v) is 3.50. The Labute approximate surface area is 152 Å². The summed E-state index contributed by atoms with van der Waals surface area (Å²) in [5.41, 5.74) is 7.68. The van der Waals surface area contributed by atoms with Crippen LogP contribution in [-0.4, -0.2) is 62.7 Å². The molecule has 0 unspecified atom stereocenters. The van der Waals surface area contributed by atoms with Gasteiger partial charge in [0.15, 0.2) is 0 Å². The SMILES string of the molecule is CN(C)CCCNC(=O)N1CCC(CN)(CCc2ccccc2)CC1. The van der Waals surface area contributed by atoms with Crippen molar-refractivity contribution in [1.29, 1.82) is 0 Å². The molecule has 0 aromatic heterocycles. The zero-order valence-electron chi connectivity index (χ0n) is 15.8. The predicted molar refractivity (Wildman–Crippen MR) is 104 cm³/mol. The van der Waals surface area contributed by atoms with E-state index in [0.717, 1.165) is 58.3 Å². The summed E-state index contributed by atoms with van der Waals surface area (Å²) in [6.07, 6.45) is 5.15. The highest BCUT2D eigenvalue weighted by atomic mass is 16.2. The van der Waals surface area contributed by atoms with E-state index >= 15 is 0 Å². The quantitative estimate of drug-likeness (QED) is 0.710. The molecule has 1 aliphatic rings. The van der Waals surface area contributed by atoms with Gasteiger partial charge in [0.25, 0.3) is 0 Å². The van der Waals surface area contributed by atoms with Gasteiger partial charge >= 0.3 is 6.03 Å². The summed E-state index contributed by atoms with van der Waals surface area (Å²) >= 11 is 0. The molecule has 0 atom stereocenters. The van der Waals surface area contributed by atoms with Crippen molar-refractivity contribution in [3.8, 4) is 0 Å². The van der Waals surface area contributed by atoms with Gasteiger partial charge in [0.1, 0.15) is 0 Å². The lowest BCUT2D eigenvalue weighted by atomic mass is 9.74. The van der Waals surface area contributed by atoms with E-state index in [1.165, 1.54) is 5.56 Å². The van der Waals surface area contributed by atoms with Gasteiger partial charge in [-0.3, -0.25) is 0 Å². The summed E-state index contributed by atoms with van der Waals surface area (Å²) in [6, 6.07) is 10.7. The fraction of sp³-hybridized carbons (Fsp3) is 0.650. The summed E-state index contributed by atoms with van der Waals surface area (Å²) < 4.78 is 0. The van der Waals surface area contributed by atoms with E-state index in [1.807, 2.05) is 19.0 Å². The smallest absolute Gasteiger partial charge is 0.317 e. The van der Waals surface area contributed by atoms with Gasteiger partial charge in [0.2, 0.25) is 0 Å². The Balaban J connectivity index is 1.75. The maximum Gasteiger partial charge on any atom is 0.317 e. The molecule has 140 valence electrons. The second-order valence-corrected chi connectivity index (χ2v) is 7.57. The van der Waals surface area contributed by atoms with Crippen LogP contribution in [0, 0.1) is 5.41 Å².